The Bertz CT molecular complexity index is 1220. The van der Waals surface area contributed by atoms with Crippen molar-refractivity contribution in [3.8, 4) is 0 Å². The molecule has 0 aliphatic carbocycles. The fraction of sp³-hybridized carbons (Fsp3) is 1.00. The van der Waals surface area contributed by atoms with Gasteiger partial charge in [0, 0.05) is 26.4 Å². The molecule has 0 rings (SSSR count). The zero-order valence-electron chi connectivity index (χ0n) is 43.9. The predicted octanol–water partition coefficient (Wildman–Crippen LogP) is 14.8. The molecule has 0 aromatic carbocycles. The largest absolute Gasteiger partial charge is 0.403 e. The van der Waals surface area contributed by atoms with Gasteiger partial charge in [0.05, 0.1) is 51.1 Å². The fourth-order valence-corrected chi connectivity index (χ4v) is 19.8. The topological polar surface area (TPSA) is 55.4 Å². The maximum atomic E-state index is 7.26. The summed E-state index contributed by atoms with van der Waals surface area (Å²) in [4.78, 5) is -0.368. The summed E-state index contributed by atoms with van der Waals surface area (Å²) in [5.74, 6) is 0. The van der Waals surface area contributed by atoms with E-state index in [-0.39, 0.29) is 41.9 Å². The van der Waals surface area contributed by atoms with Gasteiger partial charge in [0.25, 0.3) is 0 Å². The lowest BCUT2D eigenvalue weighted by Gasteiger charge is -2.55. The van der Waals surface area contributed by atoms with E-state index >= 15 is 0 Å². The average molecular weight is 898 g/mol. The molecule has 11 heteroatoms. The summed E-state index contributed by atoms with van der Waals surface area (Å²) in [6.45, 7) is 63.8. The third kappa shape index (κ3) is 16.9. The summed E-state index contributed by atoms with van der Waals surface area (Å²) in [5.41, 5.74) is -0.443. The second-order valence-corrected chi connectivity index (χ2v) is 50.6. The molecule has 0 N–H and O–H groups in total. The number of rotatable bonds is 26. The molecule has 0 fully saturated rings. The van der Waals surface area contributed by atoms with E-state index < -0.39 is 42.8 Å². The lowest BCUT2D eigenvalue weighted by molar-refractivity contribution is -0.0560. The minimum absolute atomic E-state index is 0.0961. The lowest BCUT2D eigenvalue weighted by Crippen LogP contribution is -2.58. The van der Waals surface area contributed by atoms with Gasteiger partial charge in [0.15, 0.2) is 8.32 Å². The Kier molecular flexibility index (Phi) is 20.1. The molecule has 57 heavy (non-hydrogen) atoms. The summed E-state index contributed by atoms with van der Waals surface area (Å²) >= 11 is 0. The van der Waals surface area contributed by atoms with Gasteiger partial charge in [-0.25, -0.2) is 0 Å². The maximum absolute atomic E-state index is 7.26. The van der Waals surface area contributed by atoms with E-state index in [0.29, 0.717) is 0 Å². The second-order valence-electron chi connectivity index (χ2n) is 25.4. The van der Waals surface area contributed by atoms with Crippen LogP contribution in [0.15, 0.2) is 0 Å². The van der Waals surface area contributed by atoms with Crippen LogP contribution in [0.5, 0.6) is 0 Å². The maximum Gasteiger partial charge on any atom is 0.188 e. The first-order valence-electron chi connectivity index (χ1n) is 22.4. The van der Waals surface area contributed by atoms with Gasteiger partial charge in [0.2, 0.25) is 0 Å². The Morgan fingerprint density at radius 1 is 0.421 bits per heavy atom. The van der Waals surface area contributed by atoms with Crippen LogP contribution in [-0.4, -0.2) is 103 Å². The van der Waals surface area contributed by atoms with Crippen LogP contribution in [0, 0.1) is 0 Å². The van der Waals surface area contributed by atoms with Crippen LogP contribution in [0.3, 0.4) is 0 Å². The zero-order chi connectivity index (χ0) is 45.8. The van der Waals surface area contributed by atoms with Crippen molar-refractivity contribution in [2.75, 3.05) is 38.9 Å². The highest BCUT2D eigenvalue weighted by molar-refractivity contribution is 8.29. The van der Waals surface area contributed by atoms with Crippen molar-refractivity contribution in [2.24, 2.45) is 0 Å². The van der Waals surface area contributed by atoms with Gasteiger partial charge in [-0.05, 0) is 150 Å². The Morgan fingerprint density at radius 3 is 1.09 bits per heavy atom. The SMILES string of the molecule is CC(C)(CCOC(C)(C)[Si](C)(C)C(C)(C)C)OCCC[Si](C)(C)OC(C)(C)S(C)(C)OC(C)(C)[Si](C)(C)CCCOC(C)(C)CCOC(C)(C)[Si](C)(C)C(C)(C)C. The Balaban J connectivity index is 5.13. The van der Waals surface area contributed by atoms with Crippen LogP contribution >= 0.6 is 10.3 Å². The number of hydrogen-bond donors (Lipinski definition) is 0. The molecule has 0 heterocycles. The van der Waals surface area contributed by atoms with Gasteiger partial charge in [-0.15, -0.1) is 10.3 Å². The highest BCUT2D eigenvalue weighted by atomic mass is 32.3. The Morgan fingerprint density at radius 2 is 0.754 bits per heavy atom. The van der Waals surface area contributed by atoms with Gasteiger partial charge in [-0.2, -0.15) is 0 Å². The number of ether oxygens (including phenoxy) is 4. The molecule has 0 saturated heterocycles. The van der Waals surface area contributed by atoms with E-state index in [1.54, 1.807) is 0 Å². The van der Waals surface area contributed by atoms with Crippen LogP contribution in [0.4, 0.5) is 0 Å². The van der Waals surface area contributed by atoms with E-state index in [9.17, 15) is 0 Å². The van der Waals surface area contributed by atoms with Crippen LogP contribution in [0.25, 0.3) is 0 Å². The van der Waals surface area contributed by atoms with E-state index in [4.69, 9.17) is 27.6 Å². The molecular formula is C46H104O6SSi4. The van der Waals surface area contributed by atoms with Crippen molar-refractivity contribution in [3.05, 3.63) is 0 Å². The molecule has 0 aromatic heterocycles. The molecule has 0 aliphatic rings. The van der Waals surface area contributed by atoms with E-state index in [0.717, 1.165) is 64.2 Å². The van der Waals surface area contributed by atoms with Gasteiger partial charge in [0.1, 0.15) is 4.93 Å². The minimum atomic E-state index is -2.01. The van der Waals surface area contributed by atoms with Crippen molar-refractivity contribution in [1.82, 2.24) is 0 Å². The van der Waals surface area contributed by atoms with Crippen molar-refractivity contribution < 1.29 is 27.6 Å². The van der Waals surface area contributed by atoms with Gasteiger partial charge >= 0.3 is 0 Å². The zero-order valence-corrected chi connectivity index (χ0v) is 48.7. The van der Waals surface area contributed by atoms with Crippen molar-refractivity contribution in [1.29, 1.82) is 0 Å². The first kappa shape index (κ1) is 58.0. The van der Waals surface area contributed by atoms with Crippen LogP contribution < -0.4 is 0 Å². The fourth-order valence-electron chi connectivity index (χ4n) is 6.98. The molecule has 0 aromatic rings. The second kappa shape index (κ2) is 19.8. The molecule has 0 bridgehead atoms. The molecule has 0 atom stereocenters. The predicted molar refractivity (Wildman–Crippen MR) is 267 cm³/mol. The van der Waals surface area contributed by atoms with E-state index in [1.165, 1.54) is 0 Å². The van der Waals surface area contributed by atoms with E-state index in [1.807, 2.05) is 0 Å². The molecule has 0 spiro atoms. The summed E-state index contributed by atoms with van der Waals surface area (Å²) in [6.07, 6.45) is 8.44. The van der Waals surface area contributed by atoms with Crippen LogP contribution in [0.2, 0.25) is 74.5 Å². The van der Waals surface area contributed by atoms with Gasteiger partial charge in [-0.1, -0.05) is 86.9 Å². The van der Waals surface area contributed by atoms with Crippen molar-refractivity contribution in [2.45, 2.75) is 257 Å². The quantitative estimate of drug-likeness (QED) is 0.0637. The van der Waals surface area contributed by atoms with E-state index in [2.05, 4.69) is 190 Å². The van der Waals surface area contributed by atoms with Crippen molar-refractivity contribution >= 4 is 42.8 Å². The molecular weight excluding hydrogens is 793 g/mol. The Hall–Kier alpha value is 0.978. The third-order valence-corrected chi connectivity index (χ3v) is 40.7. The minimum Gasteiger partial charge on any atom is -0.403 e. The van der Waals surface area contributed by atoms with Crippen molar-refractivity contribution in [3.63, 3.8) is 0 Å². The smallest absolute Gasteiger partial charge is 0.188 e. The average Bonchev–Trinajstić information content (AvgIpc) is 2.94. The van der Waals surface area contributed by atoms with Gasteiger partial charge < -0.3 is 27.6 Å². The summed E-state index contributed by atoms with van der Waals surface area (Å²) in [7, 11) is -8.69. The third-order valence-electron chi connectivity index (χ3n) is 15.7. The molecule has 346 valence electrons. The molecule has 0 aliphatic heterocycles. The molecule has 0 saturated carbocycles. The monoisotopic (exact) mass is 897 g/mol. The normalized spacial score (nSPS) is 16.1. The molecule has 0 unspecified atom stereocenters. The summed E-state index contributed by atoms with van der Waals surface area (Å²) in [5, 5.41) is 0.155. The summed E-state index contributed by atoms with van der Waals surface area (Å²) in [6, 6.07) is 2.20. The summed E-state index contributed by atoms with van der Waals surface area (Å²) < 4.78 is 40.6. The first-order chi connectivity index (χ1) is 24.7. The lowest BCUT2D eigenvalue weighted by atomic mass is 10.1. The highest BCUT2D eigenvalue weighted by Gasteiger charge is 2.51. The van der Waals surface area contributed by atoms with Crippen LogP contribution in [-0.2, 0) is 27.6 Å². The Labute approximate surface area is 364 Å². The molecule has 0 amide bonds. The first-order valence-corrected chi connectivity index (χ1v) is 37.1. The standard InChI is InChI=1S/C46H104O6SSi4/c1-39(2,3)56(25,26)44(13,14)49-35-31-41(7,8)47-33-29-37-54(21,22)46(17,18)51-53(19,20)43(11,12)52-55(23,24)38-30-34-48-42(9,10)32-36-50-45(15,16)57(27,28)40(4,5)6/h29-38H2,1-28H3. The number of hydrogen-bond acceptors (Lipinski definition) is 6. The molecule has 0 radical (unpaired) electrons. The van der Waals surface area contributed by atoms with Gasteiger partial charge in [-0.3, -0.25) is 0 Å². The van der Waals surface area contributed by atoms with Crippen LogP contribution in [0.1, 0.15) is 150 Å². The highest BCUT2D eigenvalue weighted by Crippen LogP contribution is 2.59. The molecule has 6 nitrogen and oxygen atoms in total.